The Morgan fingerprint density at radius 1 is 1.09 bits per heavy atom. The fraction of sp³-hybridized carbons (Fsp3) is 0.0556. The molecule has 1 aromatic heterocycles. The van der Waals surface area contributed by atoms with Crippen LogP contribution in [0.5, 0.6) is 17.2 Å². The summed E-state index contributed by atoms with van der Waals surface area (Å²) in [5.41, 5.74) is 10.8. The second-order valence-electron chi connectivity index (χ2n) is 6.06. The van der Waals surface area contributed by atoms with Gasteiger partial charge in [0.2, 0.25) is 11.7 Å². The molecule has 0 fully saturated rings. The van der Waals surface area contributed by atoms with Gasteiger partial charge < -0.3 is 20.9 Å². The van der Waals surface area contributed by atoms with E-state index >= 15 is 0 Å². The van der Waals surface area contributed by atoms with Crippen LogP contribution in [0.25, 0.3) is 11.3 Å². The lowest BCUT2D eigenvalue weighted by Crippen LogP contribution is -2.05. The predicted octanol–water partition coefficient (Wildman–Crippen LogP) is 3.56. The number of nitrogens with zero attached hydrogens (tertiary/aromatic N) is 5. The van der Waals surface area contributed by atoms with E-state index < -0.39 is 21.2 Å². The topological polar surface area (TPSA) is 206 Å². The van der Waals surface area contributed by atoms with Crippen LogP contribution in [0, 0.1) is 31.6 Å². The zero-order valence-corrected chi connectivity index (χ0v) is 17.7. The van der Waals surface area contributed by atoms with Crippen molar-refractivity contribution in [3.63, 3.8) is 0 Å². The van der Waals surface area contributed by atoms with Crippen LogP contribution in [0.2, 0.25) is 0 Å². The maximum absolute atomic E-state index is 11.4. The molecule has 0 amide bonds. The Morgan fingerprint density at radius 3 is 2.41 bits per heavy atom. The van der Waals surface area contributed by atoms with Crippen molar-refractivity contribution in [2.45, 2.75) is 0 Å². The van der Waals surface area contributed by atoms with E-state index in [2.05, 4.69) is 25.9 Å². The molecule has 162 valence electrons. The van der Waals surface area contributed by atoms with Crippen LogP contribution >= 0.6 is 15.9 Å². The minimum Gasteiger partial charge on any atom is -0.493 e. The van der Waals surface area contributed by atoms with E-state index in [4.69, 9.17) is 20.9 Å². The number of nitrogen functional groups attached to an aromatic ring is 2. The van der Waals surface area contributed by atoms with E-state index in [1.165, 1.54) is 19.2 Å². The lowest BCUT2D eigenvalue weighted by atomic mass is 10.1. The first-order chi connectivity index (χ1) is 15.2. The van der Waals surface area contributed by atoms with Crippen molar-refractivity contribution in [1.29, 1.82) is 5.26 Å². The molecular weight excluding hydrogens is 490 g/mol. The van der Waals surface area contributed by atoms with Crippen molar-refractivity contribution in [1.82, 2.24) is 9.97 Å². The molecular formula is C18H12BrN7O6. The number of ether oxygens (including phenoxy) is 2. The molecule has 1 heterocycles. The van der Waals surface area contributed by atoms with Gasteiger partial charge in [-0.25, -0.2) is 4.98 Å². The lowest BCUT2D eigenvalue weighted by molar-refractivity contribution is -0.394. The molecule has 3 rings (SSSR count). The van der Waals surface area contributed by atoms with Gasteiger partial charge >= 0.3 is 5.69 Å². The number of hydrogen-bond acceptors (Lipinski definition) is 11. The minimum absolute atomic E-state index is 0.00664. The van der Waals surface area contributed by atoms with Gasteiger partial charge in [-0.15, -0.1) is 0 Å². The first kappa shape index (κ1) is 22.2. The highest BCUT2D eigenvalue weighted by Crippen LogP contribution is 2.44. The van der Waals surface area contributed by atoms with Crippen LogP contribution in [0.15, 0.2) is 34.8 Å². The summed E-state index contributed by atoms with van der Waals surface area (Å²) in [6.45, 7) is 0. The van der Waals surface area contributed by atoms with Crippen molar-refractivity contribution >= 4 is 39.1 Å². The molecule has 0 spiro atoms. The van der Waals surface area contributed by atoms with Crippen molar-refractivity contribution in [3.8, 4) is 34.6 Å². The fourth-order valence-electron chi connectivity index (χ4n) is 2.73. The average molecular weight is 502 g/mol. The molecule has 0 radical (unpaired) electrons. The average Bonchev–Trinajstić information content (AvgIpc) is 2.74. The molecule has 4 N–H and O–H groups in total. The number of methoxy groups -OCH3 is 1. The number of anilines is 2. The third-order valence-electron chi connectivity index (χ3n) is 4.13. The number of nitro groups is 2. The molecule has 2 aromatic carbocycles. The summed E-state index contributed by atoms with van der Waals surface area (Å²) in [4.78, 5) is 28.6. The molecule has 13 nitrogen and oxygen atoms in total. The zero-order chi connectivity index (χ0) is 23.6. The highest BCUT2D eigenvalue weighted by Gasteiger charge is 2.24. The van der Waals surface area contributed by atoms with Crippen molar-refractivity contribution < 1.29 is 19.3 Å². The standard InChI is InChI=1S/C18H12BrN7O6/c1-31-14-5-8(15-10(7-20)17(21)24-18(22)23-15)4-11(19)16(14)32-13-3-2-9(25(27)28)6-12(13)26(29)30/h2-6H,1H3,(H4,21,22,23,24). The van der Waals surface area contributed by atoms with E-state index in [0.29, 0.717) is 5.56 Å². The van der Waals surface area contributed by atoms with Crippen LogP contribution in [0.3, 0.4) is 0 Å². The summed E-state index contributed by atoms with van der Waals surface area (Å²) in [5, 5.41) is 31.7. The second kappa shape index (κ2) is 8.70. The number of hydrogen-bond donors (Lipinski definition) is 2. The number of aromatic nitrogens is 2. The van der Waals surface area contributed by atoms with Gasteiger partial charge in [0.25, 0.3) is 5.69 Å². The van der Waals surface area contributed by atoms with Gasteiger partial charge in [-0.1, -0.05) is 0 Å². The van der Waals surface area contributed by atoms with E-state index in [-0.39, 0.29) is 44.7 Å². The monoisotopic (exact) mass is 501 g/mol. The van der Waals surface area contributed by atoms with Gasteiger partial charge in [-0.05, 0) is 34.1 Å². The van der Waals surface area contributed by atoms with Crippen LogP contribution in [-0.4, -0.2) is 26.9 Å². The number of non-ortho nitro benzene ring substituents is 1. The predicted molar refractivity (Wildman–Crippen MR) is 115 cm³/mol. The van der Waals surface area contributed by atoms with Crippen molar-refractivity contribution in [2.75, 3.05) is 18.6 Å². The summed E-state index contributed by atoms with van der Waals surface area (Å²) in [7, 11) is 1.33. The van der Waals surface area contributed by atoms with Crippen LogP contribution in [0.4, 0.5) is 23.1 Å². The van der Waals surface area contributed by atoms with E-state index in [9.17, 15) is 25.5 Å². The summed E-state index contributed by atoms with van der Waals surface area (Å²) < 4.78 is 11.3. The second-order valence-corrected chi connectivity index (χ2v) is 6.91. The van der Waals surface area contributed by atoms with Gasteiger partial charge in [-0.3, -0.25) is 20.2 Å². The fourth-order valence-corrected chi connectivity index (χ4v) is 3.25. The van der Waals surface area contributed by atoms with Crippen LogP contribution in [-0.2, 0) is 0 Å². The third kappa shape index (κ3) is 4.18. The Kier molecular flexibility index (Phi) is 6.03. The normalized spacial score (nSPS) is 10.3. The Labute approximate surface area is 187 Å². The molecule has 3 aromatic rings. The Morgan fingerprint density at radius 2 is 1.81 bits per heavy atom. The smallest absolute Gasteiger partial charge is 0.318 e. The summed E-state index contributed by atoms with van der Waals surface area (Å²) in [5.74, 6) is -0.343. The quantitative estimate of drug-likeness (QED) is 0.368. The zero-order valence-electron chi connectivity index (χ0n) is 16.1. The van der Waals surface area contributed by atoms with E-state index in [1.807, 2.05) is 6.07 Å². The lowest BCUT2D eigenvalue weighted by Gasteiger charge is -2.15. The third-order valence-corrected chi connectivity index (χ3v) is 4.72. The number of nitrogens with two attached hydrogens (primary N) is 2. The molecule has 0 aliphatic rings. The molecule has 0 atom stereocenters. The van der Waals surface area contributed by atoms with Crippen molar-refractivity contribution in [3.05, 3.63) is 60.6 Å². The minimum atomic E-state index is -0.803. The van der Waals surface area contributed by atoms with Gasteiger partial charge in [-0.2, -0.15) is 10.2 Å². The van der Waals surface area contributed by atoms with E-state index in [1.54, 1.807) is 0 Å². The van der Waals surface area contributed by atoms with Crippen molar-refractivity contribution in [2.24, 2.45) is 0 Å². The molecule has 0 bridgehead atoms. The maximum atomic E-state index is 11.4. The number of halogens is 1. The number of rotatable bonds is 6. The number of benzene rings is 2. The molecule has 0 aliphatic carbocycles. The van der Waals surface area contributed by atoms with E-state index in [0.717, 1.165) is 18.2 Å². The largest absolute Gasteiger partial charge is 0.493 e. The highest BCUT2D eigenvalue weighted by molar-refractivity contribution is 9.10. The highest BCUT2D eigenvalue weighted by atomic mass is 79.9. The molecule has 0 saturated carbocycles. The number of nitriles is 1. The van der Waals surface area contributed by atoms with Gasteiger partial charge in [0.05, 0.1) is 33.2 Å². The molecule has 14 heteroatoms. The summed E-state index contributed by atoms with van der Waals surface area (Å²) in [6.07, 6.45) is 0. The molecule has 0 unspecified atom stereocenters. The Balaban J connectivity index is 2.13. The molecule has 32 heavy (non-hydrogen) atoms. The summed E-state index contributed by atoms with van der Waals surface area (Å²) >= 11 is 3.30. The molecule has 0 aliphatic heterocycles. The summed E-state index contributed by atoms with van der Waals surface area (Å²) in [6, 6.07) is 7.85. The first-order valence-electron chi connectivity index (χ1n) is 8.48. The number of nitro benzene ring substituents is 2. The van der Waals surface area contributed by atoms with Gasteiger partial charge in [0.15, 0.2) is 11.5 Å². The first-order valence-corrected chi connectivity index (χ1v) is 9.27. The van der Waals surface area contributed by atoms with Gasteiger partial charge in [0, 0.05) is 11.6 Å². The van der Waals surface area contributed by atoms with Crippen LogP contribution < -0.4 is 20.9 Å². The SMILES string of the molecule is COc1cc(-c2nc(N)nc(N)c2C#N)cc(Br)c1Oc1ccc([N+](=O)[O-])cc1[N+](=O)[O-]. The van der Waals surface area contributed by atoms with Gasteiger partial charge in [0.1, 0.15) is 17.5 Å². The van der Waals surface area contributed by atoms with Crippen LogP contribution in [0.1, 0.15) is 5.56 Å². The maximum Gasteiger partial charge on any atom is 0.318 e. The molecule has 0 saturated heterocycles. The Hall–Kier alpha value is -4.51. The Bertz CT molecular complexity index is 1310.